The first-order valence-electron chi connectivity index (χ1n) is 10.9. The van der Waals surface area contributed by atoms with E-state index < -0.39 is 10.0 Å². The Morgan fingerprint density at radius 3 is 2.06 bits per heavy atom. The Kier molecular flexibility index (Phi) is 6.18. The first kappa shape index (κ1) is 22.3. The molecule has 0 aliphatic rings. The van der Waals surface area contributed by atoms with Gasteiger partial charge in [0.25, 0.3) is 10.0 Å². The highest BCUT2D eigenvalue weighted by atomic mass is 32.2. The molecule has 0 amide bonds. The molecule has 0 aliphatic heterocycles. The molecule has 1 heterocycles. The van der Waals surface area contributed by atoms with Gasteiger partial charge in [-0.25, -0.2) is 12.4 Å². The van der Waals surface area contributed by atoms with Crippen LogP contribution in [-0.2, 0) is 16.4 Å². The molecular formula is C28H23NO3S2. The van der Waals surface area contributed by atoms with Gasteiger partial charge in [0.05, 0.1) is 23.2 Å². The van der Waals surface area contributed by atoms with E-state index in [9.17, 15) is 8.42 Å². The average molecular weight is 486 g/mol. The second kappa shape index (κ2) is 9.41. The highest BCUT2D eigenvalue weighted by Gasteiger charge is 2.27. The van der Waals surface area contributed by atoms with Crippen LogP contribution in [0.5, 0.6) is 5.75 Å². The quantitative estimate of drug-likeness (QED) is 0.260. The lowest BCUT2D eigenvalue weighted by molar-refractivity contribution is 0.414. The Hall–Kier alpha value is -3.48. The van der Waals surface area contributed by atoms with Gasteiger partial charge in [-0.1, -0.05) is 78.5 Å². The lowest BCUT2D eigenvalue weighted by Gasteiger charge is -2.14. The summed E-state index contributed by atoms with van der Waals surface area (Å²) in [4.78, 5) is 2.26. The zero-order chi connectivity index (χ0) is 23.5. The van der Waals surface area contributed by atoms with Gasteiger partial charge in [0.15, 0.2) is 0 Å². The van der Waals surface area contributed by atoms with Crippen LogP contribution >= 0.6 is 11.8 Å². The number of benzene rings is 4. The predicted molar refractivity (Wildman–Crippen MR) is 137 cm³/mol. The number of fused-ring (bicyclic) bond motifs is 1. The molecule has 4 aromatic carbocycles. The molecule has 0 bridgehead atoms. The van der Waals surface area contributed by atoms with Gasteiger partial charge in [-0.05, 0) is 48.0 Å². The molecule has 0 atom stereocenters. The Morgan fingerprint density at radius 1 is 0.765 bits per heavy atom. The standard InChI is InChI=1S/C28H23NO3S2/c1-32-22-18-16-21(17-19-22)20-27-28(33-23-10-4-2-5-11-23)25-14-8-9-15-26(25)29(27)34(30,31)24-12-6-3-7-13-24/h2-19H,20H2,1H3. The molecule has 6 heteroatoms. The molecule has 0 fully saturated rings. The molecule has 4 nitrogen and oxygen atoms in total. The fourth-order valence-corrected chi connectivity index (χ4v) is 6.74. The fourth-order valence-electron chi connectivity index (χ4n) is 4.02. The van der Waals surface area contributed by atoms with Crippen LogP contribution in [0.3, 0.4) is 0 Å². The molecule has 0 N–H and O–H groups in total. The zero-order valence-corrected chi connectivity index (χ0v) is 20.2. The van der Waals surface area contributed by atoms with Gasteiger partial charge in [0.1, 0.15) is 5.75 Å². The van der Waals surface area contributed by atoms with Crippen molar-refractivity contribution in [3.05, 3.63) is 120 Å². The number of para-hydroxylation sites is 1. The third kappa shape index (κ3) is 4.22. The first-order valence-corrected chi connectivity index (χ1v) is 13.1. The Morgan fingerprint density at radius 2 is 1.38 bits per heavy atom. The summed E-state index contributed by atoms with van der Waals surface area (Å²) in [6.07, 6.45) is 0.458. The molecular weight excluding hydrogens is 462 g/mol. The van der Waals surface area contributed by atoms with Crippen LogP contribution in [0, 0.1) is 0 Å². The van der Waals surface area contributed by atoms with E-state index in [0.29, 0.717) is 11.9 Å². The number of aromatic nitrogens is 1. The summed E-state index contributed by atoms with van der Waals surface area (Å²) in [6, 6.07) is 34.1. The van der Waals surface area contributed by atoms with Crippen LogP contribution in [-0.4, -0.2) is 19.5 Å². The van der Waals surface area contributed by atoms with Crippen molar-refractivity contribution in [1.82, 2.24) is 3.97 Å². The van der Waals surface area contributed by atoms with Gasteiger partial charge in [-0.3, -0.25) is 0 Å². The molecule has 0 saturated heterocycles. The smallest absolute Gasteiger partial charge is 0.268 e. The van der Waals surface area contributed by atoms with Gasteiger partial charge in [0, 0.05) is 21.6 Å². The van der Waals surface area contributed by atoms with Crippen molar-refractivity contribution in [3.8, 4) is 5.75 Å². The molecule has 1 aromatic heterocycles. The number of ether oxygens (including phenoxy) is 1. The molecule has 0 spiro atoms. The average Bonchev–Trinajstić information content (AvgIpc) is 3.19. The van der Waals surface area contributed by atoms with E-state index in [0.717, 1.165) is 32.2 Å². The van der Waals surface area contributed by atoms with Crippen molar-refractivity contribution < 1.29 is 13.2 Å². The van der Waals surface area contributed by atoms with Gasteiger partial charge < -0.3 is 4.74 Å². The number of rotatable bonds is 7. The molecule has 0 radical (unpaired) electrons. The Labute approximate surface area is 203 Å². The van der Waals surface area contributed by atoms with Crippen molar-refractivity contribution in [1.29, 1.82) is 0 Å². The third-order valence-electron chi connectivity index (χ3n) is 5.65. The van der Waals surface area contributed by atoms with Crippen molar-refractivity contribution in [2.24, 2.45) is 0 Å². The normalized spacial score (nSPS) is 11.6. The van der Waals surface area contributed by atoms with E-state index in [1.807, 2.05) is 84.9 Å². The minimum Gasteiger partial charge on any atom is -0.497 e. The minimum absolute atomic E-state index is 0.267. The van der Waals surface area contributed by atoms with Crippen LogP contribution in [0.4, 0.5) is 0 Å². The topological polar surface area (TPSA) is 48.3 Å². The summed E-state index contributed by atoms with van der Waals surface area (Å²) in [6.45, 7) is 0. The summed E-state index contributed by atoms with van der Waals surface area (Å²) in [5.74, 6) is 0.764. The lowest BCUT2D eigenvalue weighted by atomic mass is 10.1. The summed E-state index contributed by atoms with van der Waals surface area (Å²) in [7, 11) is -2.19. The van der Waals surface area contributed by atoms with E-state index in [-0.39, 0.29) is 4.90 Å². The van der Waals surface area contributed by atoms with Crippen LogP contribution in [0.1, 0.15) is 11.3 Å². The number of nitrogens with zero attached hydrogens (tertiary/aromatic N) is 1. The van der Waals surface area contributed by atoms with E-state index in [2.05, 4.69) is 0 Å². The fraction of sp³-hybridized carbons (Fsp3) is 0.0714. The van der Waals surface area contributed by atoms with Gasteiger partial charge in [-0.15, -0.1) is 0 Å². The van der Waals surface area contributed by atoms with Crippen molar-refractivity contribution >= 4 is 32.7 Å². The molecule has 170 valence electrons. The van der Waals surface area contributed by atoms with Crippen LogP contribution in [0.15, 0.2) is 124 Å². The van der Waals surface area contributed by atoms with E-state index in [4.69, 9.17) is 4.74 Å². The zero-order valence-electron chi connectivity index (χ0n) is 18.6. The maximum absolute atomic E-state index is 14.0. The van der Waals surface area contributed by atoms with Gasteiger partial charge in [0.2, 0.25) is 0 Å². The summed E-state index contributed by atoms with van der Waals surface area (Å²) in [5.41, 5.74) is 2.42. The summed E-state index contributed by atoms with van der Waals surface area (Å²) in [5, 5.41) is 0.916. The number of hydrogen-bond donors (Lipinski definition) is 0. The van der Waals surface area contributed by atoms with Crippen LogP contribution in [0.2, 0.25) is 0 Å². The molecule has 0 unspecified atom stereocenters. The van der Waals surface area contributed by atoms with Crippen molar-refractivity contribution in [3.63, 3.8) is 0 Å². The lowest BCUT2D eigenvalue weighted by Crippen LogP contribution is -2.16. The Bertz CT molecular complexity index is 1530. The summed E-state index contributed by atoms with van der Waals surface area (Å²) >= 11 is 1.59. The molecule has 0 aliphatic carbocycles. The SMILES string of the molecule is COc1ccc(Cc2c(Sc3ccccc3)c3ccccc3n2S(=O)(=O)c2ccccc2)cc1. The highest BCUT2D eigenvalue weighted by molar-refractivity contribution is 7.99. The van der Waals surface area contributed by atoms with E-state index in [1.165, 1.54) is 3.97 Å². The number of methoxy groups -OCH3 is 1. The van der Waals surface area contributed by atoms with Crippen molar-refractivity contribution in [2.45, 2.75) is 21.1 Å². The number of hydrogen-bond acceptors (Lipinski definition) is 4. The second-order valence-corrected chi connectivity index (χ2v) is 10.7. The minimum atomic E-state index is -3.82. The third-order valence-corrected chi connectivity index (χ3v) is 8.58. The monoisotopic (exact) mass is 485 g/mol. The van der Waals surface area contributed by atoms with Crippen LogP contribution < -0.4 is 4.74 Å². The molecule has 0 saturated carbocycles. The maximum atomic E-state index is 14.0. The van der Waals surface area contributed by atoms with Crippen LogP contribution in [0.25, 0.3) is 10.9 Å². The molecule has 34 heavy (non-hydrogen) atoms. The second-order valence-electron chi connectivity index (χ2n) is 7.82. The summed E-state index contributed by atoms with van der Waals surface area (Å²) < 4.78 is 34.7. The van der Waals surface area contributed by atoms with Gasteiger partial charge in [-0.2, -0.15) is 0 Å². The van der Waals surface area contributed by atoms with E-state index in [1.54, 1.807) is 43.1 Å². The Balaban J connectivity index is 1.76. The van der Waals surface area contributed by atoms with E-state index >= 15 is 0 Å². The molecule has 5 rings (SSSR count). The van der Waals surface area contributed by atoms with Gasteiger partial charge >= 0.3 is 0 Å². The first-order chi connectivity index (χ1) is 16.6. The largest absolute Gasteiger partial charge is 0.497 e. The molecule has 5 aromatic rings. The van der Waals surface area contributed by atoms with Crippen molar-refractivity contribution in [2.75, 3.05) is 7.11 Å². The predicted octanol–water partition coefficient (Wildman–Crippen LogP) is 6.63. The maximum Gasteiger partial charge on any atom is 0.268 e. The highest BCUT2D eigenvalue weighted by Crippen LogP contribution is 2.41.